The number of pyridine rings is 1. The Hall–Kier alpha value is -0.0100. The first-order valence-electron chi connectivity index (χ1n) is 2.37. The van der Waals surface area contributed by atoms with Gasteiger partial charge in [0.2, 0.25) is 14.8 Å². The zero-order valence-corrected chi connectivity index (χ0v) is 8.70. The van der Waals surface area contributed by atoms with Crippen molar-refractivity contribution >= 4 is 17.0 Å². The van der Waals surface area contributed by atoms with Gasteiger partial charge < -0.3 is 12.6 Å². The first kappa shape index (κ1) is 13.6. The lowest BCUT2D eigenvalue weighted by molar-refractivity contribution is -1.73. The number of aromatic amines is 1. The number of H-pyrrole nitrogens is 1. The van der Waals surface area contributed by atoms with Gasteiger partial charge in [0.25, 0.3) is 0 Å². The van der Waals surface area contributed by atoms with Gasteiger partial charge in [0.1, 0.15) is 0 Å². The molecule has 1 heterocycles. The Morgan fingerprint density at radius 1 is 0.909 bits per heavy atom. The number of halogens is 2. The summed E-state index contributed by atoms with van der Waals surface area (Å²) in [5.74, 6) is 0. The molecule has 0 aliphatic carbocycles. The summed E-state index contributed by atoms with van der Waals surface area (Å²) in [6.45, 7) is 0. The van der Waals surface area contributed by atoms with Crippen LogP contribution in [-0.4, -0.2) is 0 Å². The number of nitrogens with one attached hydrogen (secondary N) is 1. The van der Waals surface area contributed by atoms with Crippen molar-refractivity contribution in [3.05, 3.63) is 30.6 Å². The van der Waals surface area contributed by atoms with Crippen molar-refractivity contribution in [2.24, 2.45) is 0 Å². The summed E-state index contributed by atoms with van der Waals surface area (Å²) in [5, 5.41) is 0. The first-order chi connectivity index (χ1) is 4.73. The third-order valence-electron chi connectivity index (χ3n) is 0.607. The van der Waals surface area contributed by atoms with Gasteiger partial charge >= 0.3 is 0 Å². The van der Waals surface area contributed by atoms with E-state index in [0.717, 1.165) is 0 Å². The fourth-order valence-corrected chi connectivity index (χ4v) is 0.342. The van der Waals surface area contributed by atoms with Gasteiger partial charge in [-0.2, -0.15) is 0 Å². The maximum atomic E-state index is 8.52. The number of hydrogen-bond acceptors (Lipinski definition) is 3. The van der Waals surface area contributed by atoms with Crippen molar-refractivity contribution in [2.75, 3.05) is 0 Å². The van der Waals surface area contributed by atoms with Crippen molar-refractivity contribution in [3.63, 3.8) is 0 Å². The Morgan fingerprint density at radius 2 is 1.27 bits per heavy atom. The molecule has 1 rings (SSSR count). The molecule has 0 aliphatic heterocycles. The van der Waals surface area contributed by atoms with Gasteiger partial charge in [-0.15, -0.1) is 17.0 Å². The smallest absolute Gasteiger partial charge is 0.216 e. The van der Waals surface area contributed by atoms with Crippen LogP contribution in [0.3, 0.4) is 0 Å². The molecule has 1 aromatic rings. The third-order valence-corrected chi connectivity index (χ3v) is 0.607. The molecule has 0 bridgehead atoms. The molecule has 11 heavy (non-hydrogen) atoms. The normalized spacial score (nSPS) is 7.64. The quantitative estimate of drug-likeness (QED) is 0.530. The lowest BCUT2D eigenvalue weighted by atomic mass is 10.5. The molecule has 1 aromatic heterocycles. The van der Waals surface area contributed by atoms with Crippen LogP contribution in [0.4, 0.5) is 0 Å². The molecule has 0 spiro atoms. The second-order valence-corrected chi connectivity index (χ2v) is 2.06. The Labute approximate surface area is 80.1 Å². The Balaban J connectivity index is 0. The van der Waals surface area contributed by atoms with Crippen LogP contribution in [0.15, 0.2) is 30.6 Å². The van der Waals surface area contributed by atoms with E-state index in [9.17, 15) is 0 Å². The Kier molecular flexibility index (Phi) is 12.3. The SMILES string of the molecule is Br.[O-][Br+2]([O-])[O-].c1cc[nH+]cc1. The maximum Gasteiger partial charge on any atom is 0.216 e. The summed E-state index contributed by atoms with van der Waals surface area (Å²) in [4.78, 5) is 2.89. The average molecular weight is 289 g/mol. The molecule has 0 radical (unpaired) electrons. The predicted octanol–water partition coefficient (Wildman–Crippen LogP) is -2.49. The Morgan fingerprint density at radius 3 is 1.36 bits per heavy atom. The number of rotatable bonds is 0. The summed E-state index contributed by atoms with van der Waals surface area (Å²) in [6, 6.07) is 5.86. The molecular weight excluding hydrogens is 282 g/mol. The summed E-state index contributed by atoms with van der Waals surface area (Å²) in [5.41, 5.74) is 0. The summed E-state index contributed by atoms with van der Waals surface area (Å²) >= 11 is -3.65. The largest absolute Gasteiger partial charge is 0.405 e. The van der Waals surface area contributed by atoms with Gasteiger partial charge in [0, 0.05) is 12.1 Å². The van der Waals surface area contributed by atoms with Crippen molar-refractivity contribution in [1.29, 1.82) is 0 Å². The van der Waals surface area contributed by atoms with Crippen molar-refractivity contribution < 1.29 is 32.4 Å². The minimum absolute atomic E-state index is 0. The van der Waals surface area contributed by atoms with Gasteiger partial charge in [-0.05, 0) is 0 Å². The minimum Gasteiger partial charge on any atom is -0.405 e. The zero-order valence-electron chi connectivity index (χ0n) is 5.40. The highest BCUT2D eigenvalue weighted by molar-refractivity contribution is 8.93. The lowest BCUT2D eigenvalue weighted by Crippen LogP contribution is -2.42. The van der Waals surface area contributed by atoms with Crippen molar-refractivity contribution in [2.45, 2.75) is 0 Å². The fraction of sp³-hybridized carbons (Fsp3) is 0. The Bertz CT molecular complexity index is 120. The van der Waals surface area contributed by atoms with E-state index in [-0.39, 0.29) is 17.0 Å². The third kappa shape index (κ3) is 17.8. The van der Waals surface area contributed by atoms with Crippen molar-refractivity contribution in [1.82, 2.24) is 0 Å². The molecule has 0 fully saturated rings. The molecule has 0 amide bonds. The van der Waals surface area contributed by atoms with Crippen LogP contribution < -0.4 is 17.6 Å². The monoisotopic (exact) mass is 287 g/mol. The van der Waals surface area contributed by atoms with Gasteiger partial charge in [-0.25, -0.2) is 4.98 Å². The topological polar surface area (TPSA) is 83.3 Å². The molecule has 0 aromatic carbocycles. The van der Waals surface area contributed by atoms with E-state index >= 15 is 0 Å². The van der Waals surface area contributed by atoms with Gasteiger partial charge in [0.05, 0.1) is 0 Å². The van der Waals surface area contributed by atoms with Gasteiger partial charge in [-0.3, -0.25) is 0 Å². The molecule has 4 nitrogen and oxygen atoms in total. The van der Waals surface area contributed by atoms with Crippen LogP contribution in [-0.2, 0) is 0 Å². The number of aromatic nitrogens is 1. The van der Waals surface area contributed by atoms with E-state index in [1.807, 2.05) is 30.6 Å². The molecule has 6 heteroatoms. The average Bonchev–Trinajstić information content (AvgIpc) is 1.90. The molecule has 0 aliphatic rings. The zero-order chi connectivity index (χ0) is 7.82. The summed E-state index contributed by atoms with van der Waals surface area (Å²) in [7, 11) is 0. The molecule has 0 saturated carbocycles. The van der Waals surface area contributed by atoms with E-state index in [2.05, 4.69) is 4.98 Å². The highest BCUT2D eigenvalue weighted by atomic mass is 80.0. The number of hydrogen-bond donors (Lipinski definition) is 0. The molecule has 0 atom stereocenters. The van der Waals surface area contributed by atoms with Crippen LogP contribution in [0.1, 0.15) is 0 Å². The standard InChI is InChI=1S/C5H5N.BrO3.BrH/c1-2-4-6-5-3-1;2-1(3)4;/h1-5H;;1H/q;-1;/p+1. The molecule has 1 N–H and O–H groups in total. The van der Waals surface area contributed by atoms with Gasteiger partial charge in [-0.1, -0.05) is 6.07 Å². The maximum absolute atomic E-state index is 8.52. The summed E-state index contributed by atoms with van der Waals surface area (Å²) < 4.78 is 25.6. The minimum atomic E-state index is -3.65. The van der Waals surface area contributed by atoms with E-state index in [1.54, 1.807) is 0 Å². The van der Waals surface area contributed by atoms with Crippen LogP contribution in [0.5, 0.6) is 0 Å². The summed E-state index contributed by atoms with van der Waals surface area (Å²) in [6.07, 6.45) is 3.75. The molecule has 0 unspecified atom stereocenters. The first-order valence-corrected chi connectivity index (χ1v) is 4.32. The molecule has 64 valence electrons. The molecular formula is C5H7Br2NO3. The predicted molar refractivity (Wildman–Crippen MR) is 33.3 cm³/mol. The second-order valence-electron chi connectivity index (χ2n) is 1.27. The van der Waals surface area contributed by atoms with E-state index in [0.29, 0.717) is 0 Å². The van der Waals surface area contributed by atoms with E-state index in [4.69, 9.17) is 12.6 Å². The lowest BCUT2D eigenvalue weighted by Gasteiger charge is -1.85. The van der Waals surface area contributed by atoms with E-state index < -0.39 is 14.8 Å². The highest BCUT2D eigenvalue weighted by Crippen LogP contribution is 1.68. The van der Waals surface area contributed by atoms with Crippen LogP contribution in [0.2, 0.25) is 0 Å². The van der Waals surface area contributed by atoms with Crippen LogP contribution in [0, 0.1) is 14.8 Å². The van der Waals surface area contributed by atoms with Crippen LogP contribution >= 0.6 is 17.0 Å². The highest BCUT2D eigenvalue weighted by Gasteiger charge is 1.67. The second kappa shape index (κ2) is 9.99. The van der Waals surface area contributed by atoms with Gasteiger partial charge in [0.15, 0.2) is 12.4 Å². The van der Waals surface area contributed by atoms with E-state index in [1.165, 1.54) is 0 Å². The van der Waals surface area contributed by atoms with Crippen molar-refractivity contribution in [3.8, 4) is 0 Å². The molecule has 0 saturated heterocycles. The fourth-order valence-electron chi connectivity index (χ4n) is 0.342. The van der Waals surface area contributed by atoms with Crippen LogP contribution in [0.25, 0.3) is 0 Å².